The molecule has 4 nitrogen and oxygen atoms in total. The first-order chi connectivity index (χ1) is 12.2. The molecule has 4 heteroatoms. The lowest BCUT2D eigenvalue weighted by Crippen LogP contribution is -2.51. The Kier molecular flexibility index (Phi) is 5.46. The molecule has 1 aliphatic rings. The van der Waals surface area contributed by atoms with Crippen LogP contribution in [0.3, 0.4) is 0 Å². The molecule has 0 spiro atoms. The first-order valence-electron chi connectivity index (χ1n) is 8.63. The van der Waals surface area contributed by atoms with Crippen LogP contribution in [0, 0.1) is 22.7 Å². The van der Waals surface area contributed by atoms with E-state index in [1.54, 1.807) is 0 Å². The second kappa shape index (κ2) is 7.94. The standard InChI is InChI=1S/C21H22N4/c1-17-14-24(15-20-8-4-2-6-18(20)12-22)10-11-25(17)16-21-9-5-3-7-19(21)13-23/h2-9,17H,10-11,14-16H2,1H3/t17-/m0/s1. The Morgan fingerprint density at radius 3 is 2.00 bits per heavy atom. The van der Waals surface area contributed by atoms with Gasteiger partial charge in [0.05, 0.1) is 23.3 Å². The lowest BCUT2D eigenvalue weighted by atomic mass is 10.0. The summed E-state index contributed by atoms with van der Waals surface area (Å²) in [7, 11) is 0. The van der Waals surface area contributed by atoms with Gasteiger partial charge in [0.15, 0.2) is 0 Å². The lowest BCUT2D eigenvalue weighted by molar-refractivity contribution is 0.0732. The van der Waals surface area contributed by atoms with Crippen molar-refractivity contribution in [3.8, 4) is 12.1 Å². The van der Waals surface area contributed by atoms with E-state index >= 15 is 0 Å². The molecule has 0 unspecified atom stereocenters. The van der Waals surface area contributed by atoms with Crippen LogP contribution in [0.1, 0.15) is 29.2 Å². The van der Waals surface area contributed by atoms with Crippen molar-refractivity contribution in [2.45, 2.75) is 26.1 Å². The third-order valence-electron chi connectivity index (χ3n) is 4.89. The molecular weight excluding hydrogens is 308 g/mol. The van der Waals surface area contributed by atoms with Crippen molar-refractivity contribution in [3.05, 3.63) is 70.8 Å². The molecule has 2 aromatic rings. The minimum atomic E-state index is 0.412. The van der Waals surface area contributed by atoms with Gasteiger partial charge < -0.3 is 0 Å². The number of nitrogens with zero attached hydrogens (tertiary/aromatic N) is 4. The second-order valence-electron chi connectivity index (χ2n) is 6.59. The van der Waals surface area contributed by atoms with Gasteiger partial charge >= 0.3 is 0 Å². The van der Waals surface area contributed by atoms with E-state index in [1.807, 2.05) is 48.5 Å². The first kappa shape index (κ1) is 17.2. The molecule has 1 heterocycles. The van der Waals surface area contributed by atoms with E-state index < -0.39 is 0 Å². The normalized spacial score (nSPS) is 18.4. The zero-order valence-electron chi connectivity index (χ0n) is 14.5. The quantitative estimate of drug-likeness (QED) is 0.864. The summed E-state index contributed by atoms with van der Waals surface area (Å²) in [5, 5.41) is 18.5. The number of rotatable bonds is 4. The molecule has 1 saturated heterocycles. The van der Waals surface area contributed by atoms with Gasteiger partial charge in [0, 0.05) is 38.8 Å². The monoisotopic (exact) mass is 330 g/mol. The van der Waals surface area contributed by atoms with Crippen LogP contribution in [0.4, 0.5) is 0 Å². The summed E-state index contributed by atoms with van der Waals surface area (Å²) in [5.41, 5.74) is 3.72. The second-order valence-corrected chi connectivity index (χ2v) is 6.59. The van der Waals surface area contributed by atoms with E-state index in [1.165, 1.54) is 0 Å². The molecule has 0 radical (unpaired) electrons. The highest BCUT2D eigenvalue weighted by Crippen LogP contribution is 2.19. The van der Waals surface area contributed by atoms with E-state index in [4.69, 9.17) is 0 Å². The summed E-state index contributed by atoms with van der Waals surface area (Å²) in [6.45, 7) is 6.77. The van der Waals surface area contributed by atoms with Crippen molar-refractivity contribution < 1.29 is 0 Å². The Labute approximate surface area is 149 Å². The van der Waals surface area contributed by atoms with Gasteiger partial charge in [-0.3, -0.25) is 9.80 Å². The average molecular weight is 330 g/mol. The largest absolute Gasteiger partial charge is 0.296 e. The predicted molar refractivity (Wildman–Crippen MR) is 97.5 cm³/mol. The van der Waals surface area contributed by atoms with Crippen LogP contribution < -0.4 is 0 Å². The van der Waals surface area contributed by atoms with Crippen LogP contribution in [-0.4, -0.2) is 35.5 Å². The molecule has 25 heavy (non-hydrogen) atoms. The van der Waals surface area contributed by atoms with E-state index in [0.29, 0.717) is 6.04 Å². The van der Waals surface area contributed by atoms with E-state index in [0.717, 1.165) is 55.0 Å². The van der Waals surface area contributed by atoms with E-state index in [9.17, 15) is 10.5 Å². The Hall–Kier alpha value is -2.66. The first-order valence-corrected chi connectivity index (χ1v) is 8.63. The molecule has 1 atom stereocenters. The Bertz CT molecular complexity index is 815. The molecular formula is C21H22N4. The van der Waals surface area contributed by atoms with E-state index in [-0.39, 0.29) is 0 Å². The fraction of sp³-hybridized carbons (Fsp3) is 0.333. The van der Waals surface area contributed by atoms with Gasteiger partial charge in [0.1, 0.15) is 0 Å². The van der Waals surface area contributed by atoms with Crippen molar-refractivity contribution >= 4 is 0 Å². The Balaban J connectivity index is 1.63. The van der Waals surface area contributed by atoms with Crippen LogP contribution in [0.25, 0.3) is 0 Å². The molecule has 0 bridgehead atoms. The zero-order valence-corrected chi connectivity index (χ0v) is 14.5. The van der Waals surface area contributed by atoms with Gasteiger partial charge in [0.2, 0.25) is 0 Å². The van der Waals surface area contributed by atoms with Crippen molar-refractivity contribution in [2.24, 2.45) is 0 Å². The Morgan fingerprint density at radius 2 is 1.44 bits per heavy atom. The van der Waals surface area contributed by atoms with Crippen molar-refractivity contribution in [3.63, 3.8) is 0 Å². The summed E-state index contributed by atoms with van der Waals surface area (Å²) in [6, 6.07) is 20.6. The average Bonchev–Trinajstić information content (AvgIpc) is 2.65. The highest BCUT2D eigenvalue weighted by atomic mass is 15.3. The number of nitriles is 2. The fourth-order valence-electron chi connectivity index (χ4n) is 3.44. The maximum Gasteiger partial charge on any atom is 0.0995 e. The van der Waals surface area contributed by atoms with Crippen LogP contribution in [0.2, 0.25) is 0 Å². The SMILES string of the molecule is C[C@H]1CN(Cc2ccccc2C#N)CCN1Cc1ccccc1C#N. The summed E-state index contributed by atoms with van der Waals surface area (Å²) >= 11 is 0. The van der Waals surface area contributed by atoms with Gasteiger partial charge in [-0.25, -0.2) is 0 Å². The van der Waals surface area contributed by atoms with Gasteiger partial charge in [-0.15, -0.1) is 0 Å². The maximum absolute atomic E-state index is 9.27. The molecule has 1 aliphatic heterocycles. The molecule has 126 valence electrons. The summed E-state index contributed by atoms with van der Waals surface area (Å²) < 4.78 is 0. The minimum Gasteiger partial charge on any atom is -0.296 e. The molecule has 0 aromatic heterocycles. The van der Waals surface area contributed by atoms with Crippen molar-refractivity contribution in [1.29, 1.82) is 10.5 Å². The Morgan fingerprint density at radius 1 is 0.880 bits per heavy atom. The number of piperazine rings is 1. The smallest absolute Gasteiger partial charge is 0.0995 e. The molecule has 2 aromatic carbocycles. The molecule has 1 fully saturated rings. The van der Waals surface area contributed by atoms with E-state index in [2.05, 4.69) is 28.9 Å². The van der Waals surface area contributed by atoms with Crippen molar-refractivity contribution in [1.82, 2.24) is 9.80 Å². The molecule has 3 rings (SSSR count). The highest BCUT2D eigenvalue weighted by molar-refractivity contribution is 5.38. The highest BCUT2D eigenvalue weighted by Gasteiger charge is 2.24. The van der Waals surface area contributed by atoms with Crippen LogP contribution in [0.5, 0.6) is 0 Å². The van der Waals surface area contributed by atoms with Crippen LogP contribution in [-0.2, 0) is 13.1 Å². The summed E-state index contributed by atoms with van der Waals surface area (Å²) in [6.07, 6.45) is 0. The topological polar surface area (TPSA) is 54.1 Å². The van der Waals surface area contributed by atoms with Crippen LogP contribution in [0.15, 0.2) is 48.5 Å². The maximum atomic E-state index is 9.27. The third kappa shape index (κ3) is 4.06. The minimum absolute atomic E-state index is 0.412. The van der Waals surface area contributed by atoms with Gasteiger partial charge in [0.25, 0.3) is 0 Å². The lowest BCUT2D eigenvalue weighted by Gasteiger charge is -2.40. The molecule has 0 amide bonds. The summed E-state index contributed by atoms with van der Waals surface area (Å²) in [5.74, 6) is 0. The number of hydrogen-bond donors (Lipinski definition) is 0. The molecule has 0 saturated carbocycles. The van der Waals surface area contributed by atoms with Crippen molar-refractivity contribution in [2.75, 3.05) is 19.6 Å². The van der Waals surface area contributed by atoms with Gasteiger partial charge in [-0.1, -0.05) is 36.4 Å². The third-order valence-corrected chi connectivity index (χ3v) is 4.89. The van der Waals surface area contributed by atoms with Gasteiger partial charge in [-0.2, -0.15) is 10.5 Å². The fourth-order valence-corrected chi connectivity index (χ4v) is 3.44. The van der Waals surface area contributed by atoms with Gasteiger partial charge in [-0.05, 0) is 30.2 Å². The molecule has 0 N–H and O–H groups in total. The summed E-state index contributed by atoms with van der Waals surface area (Å²) in [4.78, 5) is 4.84. The van der Waals surface area contributed by atoms with Crippen LogP contribution >= 0.6 is 0 Å². The molecule has 0 aliphatic carbocycles. The zero-order chi connectivity index (χ0) is 17.6. The number of benzene rings is 2. The predicted octanol–water partition coefficient (Wildman–Crippen LogP) is 3.14. The number of hydrogen-bond acceptors (Lipinski definition) is 4.